The molecule has 1 aliphatic rings. The van der Waals surface area contributed by atoms with Crippen molar-refractivity contribution in [3.05, 3.63) is 65.2 Å². The number of hydrogen-bond donors (Lipinski definition) is 3. The molecule has 1 aliphatic heterocycles. The van der Waals surface area contributed by atoms with E-state index in [0.717, 1.165) is 18.1 Å². The van der Waals surface area contributed by atoms with Crippen molar-refractivity contribution in [3.63, 3.8) is 0 Å². The fraction of sp³-hybridized carbons (Fsp3) is 0.263. The number of hydrazine groups is 2. The van der Waals surface area contributed by atoms with E-state index in [4.69, 9.17) is 9.57 Å². The summed E-state index contributed by atoms with van der Waals surface area (Å²) in [6, 6.07) is 13.4. The molecule has 0 atom stereocenters. The minimum atomic E-state index is -2.85. The molecule has 0 spiro atoms. The highest BCUT2D eigenvalue weighted by molar-refractivity contribution is 5.98. The monoisotopic (exact) mass is 389 g/mol. The van der Waals surface area contributed by atoms with Crippen LogP contribution in [0.4, 0.5) is 8.78 Å². The van der Waals surface area contributed by atoms with E-state index in [0.29, 0.717) is 23.9 Å². The number of rotatable bonds is 8. The van der Waals surface area contributed by atoms with E-state index in [1.165, 1.54) is 12.1 Å². The number of halogens is 2. The predicted octanol–water partition coefficient (Wildman–Crippen LogP) is 3.04. The van der Waals surface area contributed by atoms with Crippen LogP contribution in [0.25, 0.3) is 0 Å². The Morgan fingerprint density at radius 3 is 2.39 bits per heavy atom. The zero-order chi connectivity index (χ0) is 20.0. The number of hydrazone groups is 1. The maximum absolute atomic E-state index is 13.2. The zero-order valence-corrected chi connectivity index (χ0v) is 15.5. The average Bonchev–Trinajstić information content (AvgIpc) is 3.20. The molecule has 0 aromatic heterocycles. The Kier molecular flexibility index (Phi) is 6.05. The van der Waals surface area contributed by atoms with E-state index >= 15 is 0 Å². The van der Waals surface area contributed by atoms with Crippen molar-refractivity contribution < 1.29 is 18.4 Å². The maximum Gasteiger partial charge on any atom is 0.270 e. The summed E-state index contributed by atoms with van der Waals surface area (Å²) in [5.41, 5.74) is 10.3. The summed E-state index contributed by atoms with van der Waals surface area (Å²) in [5.74, 6) is -1.51. The Morgan fingerprint density at radius 2 is 1.79 bits per heavy atom. The molecule has 2 aromatic carbocycles. The van der Waals surface area contributed by atoms with E-state index in [2.05, 4.69) is 26.8 Å². The number of benzene rings is 2. The lowest BCUT2D eigenvalue weighted by Crippen LogP contribution is -2.37. The van der Waals surface area contributed by atoms with Crippen LogP contribution < -0.4 is 21.2 Å². The van der Waals surface area contributed by atoms with Gasteiger partial charge in [-0.1, -0.05) is 29.4 Å². The molecule has 7 nitrogen and oxygen atoms in total. The molecule has 0 unspecified atom stereocenters. The van der Waals surface area contributed by atoms with E-state index in [1.807, 2.05) is 31.2 Å². The van der Waals surface area contributed by atoms with Crippen LogP contribution in [0.1, 0.15) is 30.5 Å². The van der Waals surface area contributed by atoms with Crippen LogP contribution in [-0.4, -0.2) is 18.2 Å². The minimum absolute atomic E-state index is 0.0263. The van der Waals surface area contributed by atoms with Gasteiger partial charge in [0.1, 0.15) is 19.0 Å². The quantitative estimate of drug-likeness (QED) is 0.478. The van der Waals surface area contributed by atoms with Gasteiger partial charge in [0.2, 0.25) is 0 Å². The molecular formula is C19H21F2N5O2. The highest BCUT2D eigenvalue weighted by Crippen LogP contribution is 2.26. The molecule has 0 saturated heterocycles. The van der Waals surface area contributed by atoms with Crippen molar-refractivity contribution >= 4 is 11.5 Å². The average molecular weight is 389 g/mol. The normalized spacial score (nSPS) is 14.1. The first-order valence-electron chi connectivity index (χ1n) is 8.61. The Labute approximate surface area is 161 Å². The van der Waals surface area contributed by atoms with Crippen LogP contribution in [0, 0.1) is 0 Å². The molecule has 3 N–H and O–H groups in total. The third-order valence-electron chi connectivity index (χ3n) is 3.99. The van der Waals surface area contributed by atoms with Crippen LogP contribution in [0.5, 0.6) is 5.75 Å². The first-order chi connectivity index (χ1) is 13.4. The van der Waals surface area contributed by atoms with Crippen LogP contribution in [0.15, 0.2) is 58.8 Å². The van der Waals surface area contributed by atoms with Crippen molar-refractivity contribution in [1.29, 1.82) is 0 Å². The Morgan fingerprint density at radius 1 is 1.07 bits per heavy atom. The molecule has 9 heteroatoms. The number of amidine groups is 1. The second-order valence-electron chi connectivity index (χ2n) is 6.27. The number of nitrogens with zero attached hydrogens (tertiary/aromatic N) is 2. The van der Waals surface area contributed by atoms with Crippen molar-refractivity contribution in [2.45, 2.75) is 26.4 Å². The van der Waals surface area contributed by atoms with Gasteiger partial charge < -0.3 is 9.57 Å². The van der Waals surface area contributed by atoms with Gasteiger partial charge in [-0.2, -0.15) is 0 Å². The largest absolute Gasteiger partial charge is 0.486 e. The van der Waals surface area contributed by atoms with Crippen molar-refractivity contribution in [1.82, 2.24) is 16.5 Å². The van der Waals surface area contributed by atoms with Gasteiger partial charge in [0.05, 0.1) is 5.71 Å². The molecule has 3 rings (SSSR count). The molecule has 0 bridgehead atoms. The summed E-state index contributed by atoms with van der Waals surface area (Å²) < 4.78 is 32.0. The number of hydrogen-bond acceptors (Lipinski definition) is 7. The molecule has 28 heavy (non-hydrogen) atoms. The maximum atomic E-state index is 13.2. The molecule has 2 aromatic rings. The van der Waals surface area contributed by atoms with Crippen LogP contribution in [0.3, 0.4) is 0 Å². The van der Waals surface area contributed by atoms with Gasteiger partial charge >= 0.3 is 0 Å². The highest BCUT2D eigenvalue weighted by Gasteiger charge is 2.23. The SMILES string of the molecule is CC(=NOCc1ccc(C(C)(F)F)cc1)c1ccc(OCC2=NNNN2)cc1. The van der Waals surface area contributed by atoms with Gasteiger partial charge in [-0.05, 0) is 42.3 Å². The van der Waals surface area contributed by atoms with E-state index in [-0.39, 0.29) is 12.2 Å². The summed E-state index contributed by atoms with van der Waals surface area (Å²) in [6.07, 6.45) is 0. The van der Waals surface area contributed by atoms with E-state index in [1.54, 1.807) is 12.1 Å². The Bertz CT molecular complexity index is 846. The Balaban J connectivity index is 1.50. The third kappa shape index (κ3) is 5.40. The van der Waals surface area contributed by atoms with Crippen molar-refractivity contribution in [2.75, 3.05) is 6.61 Å². The molecule has 1 heterocycles. The van der Waals surface area contributed by atoms with Gasteiger partial charge in [0.25, 0.3) is 5.92 Å². The predicted molar refractivity (Wildman–Crippen MR) is 102 cm³/mol. The Hall–Kier alpha value is -3.20. The van der Waals surface area contributed by atoms with Gasteiger partial charge in [-0.25, -0.2) is 14.3 Å². The molecule has 148 valence electrons. The van der Waals surface area contributed by atoms with Crippen molar-refractivity contribution in [2.24, 2.45) is 10.3 Å². The summed E-state index contributed by atoms with van der Waals surface area (Å²) in [6.45, 7) is 3.20. The topological polar surface area (TPSA) is 79.3 Å². The summed E-state index contributed by atoms with van der Waals surface area (Å²) >= 11 is 0. The summed E-state index contributed by atoms with van der Waals surface area (Å²) in [7, 11) is 0. The number of alkyl halides is 2. The molecular weight excluding hydrogens is 368 g/mol. The van der Waals surface area contributed by atoms with Crippen molar-refractivity contribution in [3.8, 4) is 5.75 Å². The molecule has 0 aliphatic carbocycles. The van der Waals surface area contributed by atoms with Gasteiger partial charge in [0, 0.05) is 12.5 Å². The van der Waals surface area contributed by atoms with Gasteiger partial charge in [0.15, 0.2) is 5.84 Å². The number of oxime groups is 1. The van der Waals surface area contributed by atoms with E-state index in [9.17, 15) is 8.78 Å². The second-order valence-corrected chi connectivity index (χ2v) is 6.27. The second kappa shape index (κ2) is 8.66. The smallest absolute Gasteiger partial charge is 0.270 e. The molecule has 0 amide bonds. The third-order valence-corrected chi connectivity index (χ3v) is 3.99. The molecule has 0 saturated carbocycles. The van der Waals surface area contributed by atoms with Crippen LogP contribution >= 0.6 is 0 Å². The van der Waals surface area contributed by atoms with Crippen LogP contribution in [-0.2, 0) is 17.4 Å². The number of nitrogens with one attached hydrogen (secondary N) is 3. The lowest BCUT2D eigenvalue weighted by atomic mass is 10.1. The van der Waals surface area contributed by atoms with Gasteiger partial charge in [-0.3, -0.25) is 5.43 Å². The zero-order valence-electron chi connectivity index (χ0n) is 15.5. The highest BCUT2D eigenvalue weighted by atomic mass is 19.3. The lowest BCUT2D eigenvalue weighted by Gasteiger charge is -2.10. The summed E-state index contributed by atoms with van der Waals surface area (Å²) in [5, 5.41) is 8.00. The number of ether oxygens (including phenoxy) is 1. The van der Waals surface area contributed by atoms with E-state index < -0.39 is 5.92 Å². The fourth-order valence-electron chi connectivity index (χ4n) is 2.39. The first-order valence-corrected chi connectivity index (χ1v) is 8.61. The van der Waals surface area contributed by atoms with Gasteiger partial charge in [-0.15, -0.1) is 10.6 Å². The molecule has 0 radical (unpaired) electrons. The minimum Gasteiger partial charge on any atom is -0.486 e. The lowest BCUT2D eigenvalue weighted by molar-refractivity contribution is 0.0174. The first kappa shape index (κ1) is 19.6. The molecule has 0 fully saturated rings. The standard InChI is InChI=1S/C19H21F2N5O2/c1-13(24-28-11-14-3-7-16(8-4-14)19(2,20)21)15-5-9-17(10-6-15)27-12-18-22-25-26-23-18/h3-10,25-26H,11-12H2,1-2H3,(H,22,23). The van der Waals surface area contributed by atoms with Crippen LogP contribution in [0.2, 0.25) is 0 Å². The summed E-state index contributed by atoms with van der Waals surface area (Å²) in [4.78, 5) is 5.34. The fourth-order valence-corrected chi connectivity index (χ4v) is 2.39.